The second-order valence-electron chi connectivity index (χ2n) is 4.62. The Hall–Kier alpha value is -2.34. The molecular formula is C14H15N3O3. The van der Waals surface area contributed by atoms with Crippen LogP contribution >= 0.6 is 0 Å². The molecule has 1 aliphatic rings. The second kappa shape index (κ2) is 5.34. The maximum atomic E-state index is 11.6. The van der Waals surface area contributed by atoms with Crippen molar-refractivity contribution in [3.05, 3.63) is 35.9 Å². The van der Waals surface area contributed by atoms with Crippen LogP contribution in [0.25, 0.3) is 11.3 Å². The van der Waals surface area contributed by atoms with Gasteiger partial charge in [-0.15, -0.1) is 0 Å². The van der Waals surface area contributed by atoms with E-state index in [1.54, 1.807) is 0 Å². The van der Waals surface area contributed by atoms with E-state index >= 15 is 0 Å². The highest BCUT2D eigenvalue weighted by Gasteiger charge is 2.27. The number of aromatic carboxylic acids is 1. The minimum Gasteiger partial charge on any atom is -0.477 e. The Morgan fingerprint density at radius 1 is 1.25 bits per heavy atom. The Bertz CT molecular complexity index is 603. The van der Waals surface area contributed by atoms with Gasteiger partial charge in [0.25, 0.3) is 0 Å². The number of aromatic nitrogens is 1. The van der Waals surface area contributed by atoms with Gasteiger partial charge in [0.2, 0.25) is 0 Å². The zero-order valence-electron chi connectivity index (χ0n) is 10.9. The topological polar surface area (TPSA) is 78.6 Å². The lowest BCUT2D eigenvalue weighted by Gasteiger charge is -2.27. The molecule has 6 heteroatoms. The van der Waals surface area contributed by atoms with E-state index in [1.807, 2.05) is 35.2 Å². The normalized spacial score (nSPS) is 15.3. The van der Waals surface area contributed by atoms with Crippen molar-refractivity contribution < 1.29 is 14.4 Å². The number of nitrogens with zero attached hydrogens (tertiary/aromatic N) is 2. The summed E-state index contributed by atoms with van der Waals surface area (Å²) in [5, 5.41) is 16.7. The molecule has 0 unspecified atom stereocenters. The van der Waals surface area contributed by atoms with E-state index in [-0.39, 0.29) is 5.56 Å². The monoisotopic (exact) mass is 273 g/mol. The lowest BCUT2D eigenvalue weighted by molar-refractivity contribution is 0.0697. The molecule has 0 saturated carbocycles. The van der Waals surface area contributed by atoms with Crippen LogP contribution in [0.2, 0.25) is 0 Å². The molecule has 104 valence electrons. The fourth-order valence-electron chi connectivity index (χ4n) is 2.35. The highest BCUT2D eigenvalue weighted by molar-refractivity contribution is 5.99. The SMILES string of the molecule is O=C(O)c1c(N2CCNCC2)noc1-c1ccccc1. The minimum absolute atomic E-state index is 0.137. The highest BCUT2D eigenvalue weighted by Crippen LogP contribution is 2.31. The van der Waals surface area contributed by atoms with Gasteiger partial charge < -0.3 is 19.8 Å². The summed E-state index contributed by atoms with van der Waals surface area (Å²) in [6, 6.07) is 9.18. The molecule has 0 atom stereocenters. The van der Waals surface area contributed by atoms with Gasteiger partial charge in [-0.25, -0.2) is 4.79 Å². The molecule has 1 fully saturated rings. The highest BCUT2D eigenvalue weighted by atomic mass is 16.5. The van der Waals surface area contributed by atoms with Crippen molar-refractivity contribution in [2.75, 3.05) is 31.1 Å². The lowest BCUT2D eigenvalue weighted by atomic mass is 10.1. The molecule has 2 heterocycles. The number of carboxylic acid groups (broad SMARTS) is 1. The van der Waals surface area contributed by atoms with Crippen LogP contribution in [-0.4, -0.2) is 42.4 Å². The number of hydrogen-bond donors (Lipinski definition) is 2. The smallest absolute Gasteiger partial charge is 0.343 e. The first-order valence-electron chi connectivity index (χ1n) is 6.51. The maximum absolute atomic E-state index is 11.6. The van der Waals surface area contributed by atoms with Crippen molar-refractivity contribution in [2.45, 2.75) is 0 Å². The van der Waals surface area contributed by atoms with Crippen LogP contribution in [0.1, 0.15) is 10.4 Å². The standard InChI is InChI=1S/C14H15N3O3/c18-14(19)11-12(10-4-2-1-3-5-10)20-16-13(11)17-8-6-15-7-9-17/h1-5,15H,6-9H2,(H,18,19). The van der Waals surface area contributed by atoms with Crippen LogP contribution in [0.4, 0.5) is 5.82 Å². The first-order chi connectivity index (χ1) is 9.77. The quantitative estimate of drug-likeness (QED) is 0.881. The summed E-state index contributed by atoms with van der Waals surface area (Å²) < 4.78 is 5.30. The summed E-state index contributed by atoms with van der Waals surface area (Å²) in [7, 11) is 0. The van der Waals surface area contributed by atoms with Crippen LogP contribution in [0, 0.1) is 0 Å². The third-order valence-electron chi connectivity index (χ3n) is 3.34. The first-order valence-corrected chi connectivity index (χ1v) is 6.51. The van der Waals surface area contributed by atoms with Gasteiger partial charge in [-0.05, 0) is 0 Å². The second-order valence-corrected chi connectivity index (χ2v) is 4.62. The van der Waals surface area contributed by atoms with Gasteiger partial charge in [0.05, 0.1) is 0 Å². The summed E-state index contributed by atoms with van der Waals surface area (Å²) in [4.78, 5) is 13.5. The van der Waals surface area contributed by atoms with Gasteiger partial charge >= 0.3 is 5.97 Å². The Morgan fingerprint density at radius 3 is 2.60 bits per heavy atom. The predicted octanol–water partition coefficient (Wildman–Crippen LogP) is 1.45. The summed E-state index contributed by atoms with van der Waals surface area (Å²) in [6.07, 6.45) is 0. The molecule has 2 N–H and O–H groups in total. The number of hydrogen-bond acceptors (Lipinski definition) is 5. The zero-order valence-corrected chi connectivity index (χ0v) is 10.9. The molecule has 1 saturated heterocycles. The van der Waals surface area contributed by atoms with Gasteiger partial charge in [-0.3, -0.25) is 0 Å². The molecule has 1 aromatic carbocycles. The predicted molar refractivity (Wildman–Crippen MR) is 74.0 cm³/mol. The molecule has 0 bridgehead atoms. The summed E-state index contributed by atoms with van der Waals surface area (Å²) >= 11 is 0. The number of nitrogens with one attached hydrogen (secondary N) is 1. The number of carbonyl (C=O) groups is 1. The number of benzene rings is 1. The average molecular weight is 273 g/mol. The van der Waals surface area contributed by atoms with Gasteiger partial charge in [-0.1, -0.05) is 35.5 Å². The Morgan fingerprint density at radius 2 is 1.95 bits per heavy atom. The van der Waals surface area contributed by atoms with Gasteiger partial charge in [-0.2, -0.15) is 0 Å². The van der Waals surface area contributed by atoms with Crippen molar-refractivity contribution >= 4 is 11.8 Å². The van der Waals surface area contributed by atoms with E-state index in [0.29, 0.717) is 11.6 Å². The molecule has 1 aliphatic heterocycles. The van der Waals surface area contributed by atoms with Crippen LogP contribution in [0.15, 0.2) is 34.9 Å². The molecule has 3 rings (SSSR count). The Kier molecular flexibility index (Phi) is 3.39. The largest absolute Gasteiger partial charge is 0.477 e. The van der Waals surface area contributed by atoms with E-state index in [2.05, 4.69) is 10.5 Å². The van der Waals surface area contributed by atoms with E-state index in [4.69, 9.17) is 4.52 Å². The van der Waals surface area contributed by atoms with E-state index in [1.165, 1.54) is 0 Å². The molecule has 2 aromatic rings. The molecular weight excluding hydrogens is 258 g/mol. The number of rotatable bonds is 3. The summed E-state index contributed by atoms with van der Waals surface area (Å²) in [6.45, 7) is 3.07. The van der Waals surface area contributed by atoms with Crippen molar-refractivity contribution in [2.24, 2.45) is 0 Å². The average Bonchev–Trinajstić information content (AvgIpc) is 2.94. The molecule has 1 aromatic heterocycles. The third kappa shape index (κ3) is 2.25. The van der Waals surface area contributed by atoms with E-state index in [0.717, 1.165) is 31.7 Å². The van der Waals surface area contributed by atoms with E-state index in [9.17, 15) is 9.90 Å². The van der Waals surface area contributed by atoms with Gasteiger partial charge in [0.15, 0.2) is 17.1 Å². The first kappa shape index (κ1) is 12.7. The van der Waals surface area contributed by atoms with Crippen LogP contribution < -0.4 is 10.2 Å². The zero-order chi connectivity index (χ0) is 13.9. The van der Waals surface area contributed by atoms with Gasteiger partial charge in [0, 0.05) is 31.7 Å². The Labute approximate surface area is 116 Å². The molecule has 0 spiro atoms. The number of piperazine rings is 1. The molecule has 0 amide bonds. The van der Waals surface area contributed by atoms with Crippen molar-refractivity contribution in [1.29, 1.82) is 0 Å². The fraction of sp³-hybridized carbons (Fsp3) is 0.286. The van der Waals surface area contributed by atoms with Crippen LogP contribution in [0.3, 0.4) is 0 Å². The number of anilines is 1. The summed E-state index contributed by atoms with van der Waals surface area (Å²) in [5.74, 6) is -0.289. The lowest BCUT2D eigenvalue weighted by Crippen LogP contribution is -2.44. The molecule has 20 heavy (non-hydrogen) atoms. The van der Waals surface area contributed by atoms with Crippen LogP contribution in [0.5, 0.6) is 0 Å². The van der Waals surface area contributed by atoms with Gasteiger partial charge in [0.1, 0.15) is 0 Å². The molecule has 0 radical (unpaired) electrons. The molecule has 6 nitrogen and oxygen atoms in total. The van der Waals surface area contributed by atoms with Crippen LogP contribution in [-0.2, 0) is 0 Å². The molecule has 0 aliphatic carbocycles. The number of carboxylic acids is 1. The third-order valence-corrected chi connectivity index (χ3v) is 3.34. The minimum atomic E-state index is -1.02. The van der Waals surface area contributed by atoms with E-state index < -0.39 is 5.97 Å². The summed E-state index contributed by atoms with van der Waals surface area (Å²) in [5.41, 5.74) is 0.858. The van der Waals surface area contributed by atoms with Crippen molar-refractivity contribution in [1.82, 2.24) is 10.5 Å². The van der Waals surface area contributed by atoms with Crippen molar-refractivity contribution in [3.63, 3.8) is 0 Å². The maximum Gasteiger partial charge on any atom is 0.343 e. The Balaban J connectivity index is 2.04. The fourth-order valence-corrected chi connectivity index (χ4v) is 2.35. The van der Waals surface area contributed by atoms with Crippen molar-refractivity contribution in [3.8, 4) is 11.3 Å².